The number of aliphatic carboxylic acids is 1. The van der Waals surface area contributed by atoms with Crippen molar-refractivity contribution in [1.82, 2.24) is 9.88 Å². The summed E-state index contributed by atoms with van der Waals surface area (Å²) in [5.41, 5.74) is 3.35. The first kappa shape index (κ1) is 14.1. The minimum atomic E-state index is -0.997. The number of rotatable bonds is 5. The van der Waals surface area contributed by atoms with Crippen LogP contribution in [0.2, 0.25) is 0 Å². The van der Waals surface area contributed by atoms with Crippen LogP contribution in [-0.4, -0.2) is 40.5 Å². The van der Waals surface area contributed by atoms with Crippen molar-refractivity contribution in [3.05, 3.63) is 35.5 Å². The molecule has 106 valence electrons. The molecule has 1 aromatic carbocycles. The molecule has 0 saturated carbocycles. The van der Waals surface area contributed by atoms with Gasteiger partial charge in [0.25, 0.3) is 0 Å². The molecule has 1 aromatic heterocycles. The van der Waals surface area contributed by atoms with Crippen molar-refractivity contribution in [3.63, 3.8) is 0 Å². The predicted molar refractivity (Wildman–Crippen MR) is 76.6 cm³/mol. The van der Waals surface area contributed by atoms with E-state index in [9.17, 15) is 9.59 Å². The van der Waals surface area contributed by atoms with E-state index >= 15 is 0 Å². The first-order valence-electron chi connectivity index (χ1n) is 6.50. The lowest BCUT2D eigenvalue weighted by Crippen LogP contribution is -2.32. The number of likely N-dealkylation sites (N-methyl/N-ethyl adjacent to an activating group) is 1. The molecule has 0 aliphatic heterocycles. The fourth-order valence-corrected chi connectivity index (χ4v) is 2.29. The maximum Gasteiger partial charge on any atom is 0.323 e. The molecule has 0 radical (unpaired) electrons. The predicted octanol–water partition coefficient (Wildman–Crippen LogP) is 1.95. The van der Waals surface area contributed by atoms with Gasteiger partial charge in [-0.15, -0.1) is 0 Å². The number of para-hydroxylation sites is 1. The molecular formula is C15H18N2O3. The maximum atomic E-state index is 11.8. The van der Waals surface area contributed by atoms with Crippen LogP contribution >= 0.6 is 0 Å². The number of nitrogens with one attached hydrogen (secondary N) is 1. The third-order valence-electron chi connectivity index (χ3n) is 3.42. The van der Waals surface area contributed by atoms with E-state index in [0.29, 0.717) is 12.8 Å². The van der Waals surface area contributed by atoms with Crippen molar-refractivity contribution in [1.29, 1.82) is 0 Å². The third-order valence-corrected chi connectivity index (χ3v) is 3.42. The first-order chi connectivity index (χ1) is 9.49. The molecule has 0 aliphatic carbocycles. The smallest absolute Gasteiger partial charge is 0.323 e. The van der Waals surface area contributed by atoms with Crippen LogP contribution in [0.4, 0.5) is 0 Å². The molecule has 0 atom stereocenters. The number of hydrogen-bond acceptors (Lipinski definition) is 2. The first-order valence-corrected chi connectivity index (χ1v) is 6.50. The molecule has 2 N–H and O–H groups in total. The van der Waals surface area contributed by atoms with E-state index < -0.39 is 5.97 Å². The van der Waals surface area contributed by atoms with E-state index in [1.807, 2.05) is 31.3 Å². The number of carboxylic acid groups (broad SMARTS) is 1. The fraction of sp³-hybridized carbons (Fsp3) is 0.333. The van der Waals surface area contributed by atoms with Gasteiger partial charge in [0.15, 0.2) is 0 Å². The van der Waals surface area contributed by atoms with Gasteiger partial charge in [-0.2, -0.15) is 0 Å². The summed E-state index contributed by atoms with van der Waals surface area (Å²) in [7, 11) is 1.51. The zero-order valence-corrected chi connectivity index (χ0v) is 11.6. The van der Waals surface area contributed by atoms with Crippen molar-refractivity contribution in [2.75, 3.05) is 13.6 Å². The second-order valence-corrected chi connectivity index (χ2v) is 4.95. The summed E-state index contributed by atoms with van der Waals surface area (Å²) in [5, 5.41) is 9.78. The minimum absolute atomic E-state index is 0.158. The minimum Gasteiger partial charge on any atom is -0.480 e. The van der Waals surface area contributed by atoms with E-state index in [4.69, 9.17) is 5.11 Å². The number of amides is 1. The molecule has 20 heavy (non-hydrogen) atoms. The number of carbonyl (C=O) groups excluding carboxylic acids is 1. The summed E-state index contributed by atoms with van der Waals surface area (Å²) in [4.78, 5) is 26.9. The molecule has 1 heterocycles. The number of nitrogens with zero attached hydrogens (tertiary/aromatic N) is 1. The SMILES string of the molecule is Cc1cccc2c(CCC(=O)N(C)CC(=O)O)c[nH]c12. The zero-order chi connectivity index (χ0) is 14.7. The second-order valence-electron chi connectivity index (χ2n) is 4.95. The number of aromatic nitrogens is 1. The van der Waals surface area contributed by atoms with Crippen LogP contribution in [-0.2, 0) is 16.0 Å². The summed E-state index contributed by atoms with van der Waals surface area (Å²) in [6, 6.07) is 6.06. The van der Waals surface area contributed by atoms with Crippen LogP contribution in [0.3, 0.4) is 0 Å². The molecular weight excluding hydrogens is 256 g/mol. The Kier molecular flexibility index (Phi) is 4.08. The summed E-state index contributed by atoms with van der Waals surface area (Å²) < 4.78 is 0. The highest BCUT2D eigenvalue weighted by Crippen LogP contribution is 2.22. The molecule has 0 saturated heterocycles. The van der Waals surface area contributed by atoms with Crippen molar-refractivity contribution in [2.45, 2.75) is 19.8 Å². The van der Waals surface area contributed by atoms with Crippen LogP contribution in [0, 0.1) is 6.92 Å². The Hall–Kier alpha value is -2.30. The Morgan fingerprint density at radius 1 is 1.35 bits per heavy atom. The molecule has 0 unspecified atom stereocenters. The van der Waals surface area contributed by atoms with Crippen molar-refractivity contribution < 1.29 is 14.7 Å². The number of hydrogen-bond donors (Lipinski definition) is 2. The van der Waals surface area contributed by atoms with Crippen LogP contribution in [0.25, 0.3) is 10.9 Å². The van der Waals surface area contributed by atoms with E-state index in [1.54, 1.807) is 0 Å². The maximum absolute atomic E-state index is 11.8. The Labute approximate surface area is 117 Å². The van der Waals surface area contributed by atoms with Crippen molar-refractivity contribution in [2.24, 2.45) is 0 Å². The summed E-state index contributed by atoms with van der Waals surface area (Å²) >= 11 is 0. The third kappa shape index (κ3) is 2.99. The number of benzene rings is 1. The lowest BCUT2D eigenvalue weighted by atomic mass is 10.1. The van der Waals surface area contributed by atoms with E-state index in [0.717, 1.165) is 16.5 Å². The quantitative estimate of drug-likeness (QED) is 0.875. The number of H-pyrrole nitrogens is 1. The average molecular weight is 274 g/mol. The topological polar surface area (TPSA) is 73.4 Å². The van der Waals surface area contributed by atoms with Gasteiger partial charge >= 0.3 is 5.97 Å². The highest BCUT2D eigenvalue weighted by atomic mass is 16.4. The molecule has 5 heteroatoms. The highest BCUT2D eigenvalue weighted by Gasteiger charge is 2.13. The van der Waals surface area contributed by atoms with Gasteiger partial charge in [0, 0.05) is 30.6 Å². The van der Waals surface area contributed by atoms with Crippen molar-refractivity contribution >= 4 is 22.8 Å². The van der Waals surface area contributed by atoms with Gasteiger partial charge in [-0.3, -0.25) is 9.59 Å². The van der Waals surface area contributed by atoms with Crippen molar-refractivity contribution in [3.8, 4) is 0 Å². The molecule has 0 fully saturated rings. The largest absolute Gasteiger partial charge is 0.480 e. The number of aryl methyl sites for hydroxylation is 2. The van der Waals surface area contributed by atoms with E-state index in [1.165, 1.54) is 17.5 Å². The molecule has 2 rings (SSSR count). The van der Waals surface area contributed by atoms with Gasteiger partial charge in [0.1, 0.15) is 6.54 Å². The van der Waals surface area contributed by atoms with Gasteiger partial charge < -0.3 is 15.0 Å². The lowest BCUT2D eigenvalue weighted by molar-refractivity contribution is -0.143. The van der Waals surface area contributed by atoms with Gasteiger partial charge in [-0.25, -0.2) is 0 Å². The number of aromatic amines is 1. The molecule has 1 amide bonds. The van der Waals surface area contributed by atoms with Crippen LogP contribution < -0.4 is 0 Å². The molecule has 0 bridgehead atoms. The Bertz CT molecular complexity index is 646. The molecule has 5 nitrogen and oxygen atoms in total. The Balaban J connectivity index is 2.04. The standard InChI is InChI=1S/C15H18N2O3/c1-10-4-3-5-12-11(8-16-15(10)12)6-7-13(18)17(2)9-14(19)20/h3-5,8,16H,6-7,9H2,1-2H3,(H,19,20). The molecule has 0 spiro atoms. The highest BCUT2D eigenvalue weighted by molar-refractivity contribution is 5.87. The summed E-state index contributed by atoms with van der Waals surface area (Å²) in [6.07, 6.45) is 2.83. The molecule has 2 aromatic rings. The van der Waals surface area contributed by atoms with Gasteiger partial charge in [0.05, 0.1) is 0 Å². The van der Waals surface area contributed by atoms with E-state index in [2.05, 4.69) is 4.98 Å². The average Bonchev–Trinajstić information content (AvgIpc) is 2.79. The Morgan fingerprint density at radius 2 is 2.10 bits per heavy atom. The van der Waals surface area contributed by atoms with E-state index in [-0.39, 0.29) is 12.5 Å². The fourth-order valence-electron chi connectivity index (χ4n) is 2.29. The summed E-state index contributed by atoms with van der Waals surface area (Å²) in [6.45, 7) is 1.78. The second kappa shape index (κ2) is 5.77. The van der Waals surface area contributed by atoms with Gasteiger partial charge in [0.2, 0.25) is 5.91 Å². The number of carboxylic acids is 1. The zero-order valence-electron chi connectivity index (χ0n) is 11.6. The monoisotopic (exact) mass is 274 g/mol. The van der Waals surface area contributed by atoms with Crippen LogP contribution in [0.1, 0.15) is 17.5 Å². The Morgan fingerprint density at radius 3 is 2.80 bits per heavy atom. The van der Waals surface area contributed by atoms with Gasteiger partial charge in [-0.1, -0.05) is 18.2 Å². The lowest BCUT2D eigenvalue weighted by Gasteiger charge is -2.14. The molecule has 0 aliphatic rings. The number of carbonyl (C=O) groups is 2. The summed E-state index contributed by atoms with van der Waals surface area (Å²) in [5.74, 6) is -1.15. The van der Waals surface area contributed by atoms with Crippen LogP contribution in [0.15, 0.2) is 24.4 Å². The normalized spacial score (nSPS) is 10.7. The number of fused-ring (bicyclic) bond motifs is 1. The van der Waals surface area contributed by atoms with Crippen LogP contribution in [0.5, 0.6) is 0 Å². The van der Waals surface area contributed by atoms with Gasteiger partial charge in [-0.05, 0) is 24.5 Å².